The summed E-state index contributed by atoms with van der Waals surface area (Å²) in [5, 5.41) is 3.41. The van der Waals surface area contributed by atoms with E-state index in [4.69, 9.17) is 23.2 Å². The number of benzene rings is 1. The van der Waals surface area contributed by atoms with Crippen LogP contribution in [0.1, 0.15) is 35.7 Å². The largest absolute Gasteiger partial charge is 0.352 e. The molecule has 1 rings (SSSR count). The monoisotopic (exact) mass is 287 g/mol. The van der Waals surface area contributed by atoms with Crippen molar-refractivity contribution in [3.8, 4) is 0 Å². The zero-order valence-corrected chi connectivity index (χ0v) is 12.3. The van der Waals surface area contributed by atoms with Gasteiger partial charge in [0.2, 0.25) is 0 Å². The molecule has 2 nitrogen and oxygen atoms in total. The zero-order chi connectivity index (χ0) is 13.5. The third-order valence-corrected chi connectivity index (χ3v) is 3.55. The van der Waals surface area contributed by atoms with Gasteiger partial charge in [0.15, 0.2) is 0 Å². The molecule has 100 valence electrons. The third-order valence-electron chi connectivity index (χ3n) is 3.02. The quantitative estimate of drug-likeness (QED) is 0.787. The van der Waals surface area contributed by atoms with Crippen molar-refractivity contribution in [3.05, 3.63) is 34.3 Å². The van der Waals surface area contributed by atoms with Gasteiger partial charge in [-0.05, 0) is 37.0 Å². The van der Waals surface area contributed by atoms with E-state index in [0.717, 1.165) is 18.4 Å². The van der Waals surface area contributed by atoms with E-state index in [-0.39, 0.29) is 5.91 Å². The highest BCUT2D eigenvalue weighted by Gasteiger charge is 2.12. The van der Waals surface area contributed by atoms with Gasteiger partial charge in [0.25, 0.3) is 5.91 Å². The van der Waals surface area contributed by atoms with Crippen molar-refractivity contribution in [2.75, 3.05) is 12.4 Å². The first-order valence-corrected chi connectivity index (χ1v) is 7.10. The lowest BCUT2D eigenvalue weighted by molar-refractivity contribution is 0.0946. The molecule has 1 aromatic rings. The Hall–Kier alpha value is -0.730. The first-order chi connectivity index (χ1) is 8.58. The van der Waals surface area contributed by atoms with Crippen molar-refractivity contribution in [1.29, 1.82) is 0 Å². The Morgan fingerprint density at radius 1 is 1.44 bits per heavy atom. The number of aryl methyl sites for hydroxylation is 1. The Morgan fingerprint density at radius 2 is 2.17 bits per heavy atom. The van der Waals surface area contributed by atoms with Crippen LogP contribution < -0.4 is 5.32 Å². The molecule has 0 heterocycles. The SMILES string of the molecule is CCC(CCCl)CNC(=O)c1ccc(C)cc1Cl. The van der Waals surface area contributed by atoms with Crippen molar-refractivity contribution in [2.24, 2.45) is 5.92 Å². The number of rotatable bonds is 6. The molecule has 1 N–H and O–H groups in total. The number of alkyl halides is 1. The molecule has 4 heteroatoms. The van der Waals surface area contributed by atoms with Crippen molar-refractivity contribution in [2.45, 2.75) is 26.7 Å². The van der Waals surface area contributed by atoms with E-state index in [1.54, 1.807) is 12.1 Å². The second-order valence-electron chi connectivity index (χ2n) is 4.45. The number of nitrogens with one attached hydrogen (secondary N) is 1. The van der Waals surface area contributed by atoms with E-state index in [9.17, 15) is 4.79 Å². The Balaban J connectivity index is 2.59. The van der Waals surface area contributed by atoms with Crippen LogP contribution in [-0.4, -0.2) is 18.3 Å². The van der Waals surface area contributed by atoms with Gasteiger partial charge in [-0.2, -0.15) is 0 Å². The van der Waals surface area contributed by atoms with E-state index in [0.29, 0.717) is 28.9 Å². The topological polar surface area (TPSA) is 29.1 Å². The minimum Gasteiger partial charge on any atom is -0.352 e. The van der Waals surface area contributed by atoms with E-state index >= 15 is 0 Å². The Kier molecular flexibility index (Phi) is 6.51. The summed E-state index contributed by atoms with van der Waals surface area (Å²) in [7, 11) is 0. The van der Waals surface area contributed by atoms with Crippen molar-refractivity contribution < 1.29 is 4.79 Å². The molecule has 0 spiro atoms. The summed E-state index contributed by atoms with van der Waals surface area (Å²) in [6, 6.07) is 5.44. The molecule has 0 aromatic heterocycles. The van der Waals surface area contributed by atoms with Crippen molar-refractivity contribution >= 4 is 29.1 Å². The van der Waals surface area contributed by atoms with Crippen LogP contribution >= 0.6 is 23.2 Å². The zero-order valence-electron chi connectivity index (χ0n) is 10.8. The summed E-state index contributed by atoms with van der Waals surface area (Å²) in [4.78, 5) is 12.0. The highest BCUT2D eigenvalue weighted by Crippen LogP contribution is 2.17. The van der Waals surface area contributed by atoms with E-state index in [1.165, 1.54) is 0 Å². The van der Waals surface area contributed by atoms with Crippen LogP contribution in [0.25, 0.3) is 0 Å². The Labute approximate surface area is 119 Å². The molecule has 0 radical (unpaired) electrons. The van der Waals surface area contributed by atoms with Gasteiger partial charge in [0, 0.05) is 12.4 Å². The smallest absolute Gasteiger partial charge is 0.252 e. The minimum atomic E-state index is -0.118. The van der Waals surface area contributed by atoms with Gasteiger partial charge in [-0.1, -0.05) is 31.0 Å². The molecular formula is C14H19Cl2NO. The summed E-state index contributed by atoms with van der Waals surface area (Å²) in [6.07, 6.45) is 1.93. The van der Waals surface area contributed by atoms with Crippen LogP contribution in [0.15, 0.2) is 18.2 Å². The molecule has 0 fully saturated rings. The third kappa shape index (κ3) is 4.51. The first kappa shape index (κ1) is 15.3. The van der Waals surface area contributed by atoms with Gasteiger partial charge in [-0.3, -0.25) is 4.79 Å². The lowest BCUT2D eigenvalue weighted by atomic mass is 10.0. The van der Waals surface area contributed by atoms with Crippen LogP contribution in [0.2, 0.25) is 5.02 Å². The maximum Gasteiger partial charge on any atom is 0.252 e. The van der Waals surface area contributed by atoms with E-state index < -0.39 is 0 Å². The van der Waals surface area contributed by atoms with Gasteiger partial charge in [0.1, 0.15) is 0 Å². The van der Waals surface area contributed by atoms with Gasteiger partial charge < -0.3 is 5.32 Å². The number of carbonyl (C=O) groups is 1. The van der Waals surface area contributed by atoms with E-state index in [2.05, 4.69) is 12.2 Å². The average Bonchev–Trinajstić information content (AvgIpc) is 2.34. The van der Waals surface area contributed by atoms with Crippen molar-refractivity contribution in [3.63, 3.8) is 0 Å². The van der Waals surface area contributed by atoms with Gasteiger partial charge >= 0.3 is 0 Å². The highest BCUT2D eigenvalue weighted by molar-refractivity contribution is 6.33. The summed E-state index contributed by atoms with van der Waals surface area (Å²) in [6.45, 7) is 4.69. The number of amides is 1. The maximum atomic E-state index is 12.0. The van der Waals surface area contributed by atoms with Gasteiger partial charge in [0.05, 0.1) is 10.6 Å². The number of hydrogen-bond acceptors (Lipinski definition) is 1. The predicted molar refractivity (Wildman–Crippen MR) is 77.6 cm³/mol. The van der Waals surface area contributed by atoms with E-state index in [1.807, 2.05) is 13.0 Å². The fourth-order valence-electron chi connectivity index (χ4n) is 1.74. The molecular weight excluding hydrogens is 269 g/mol. The molecule has 18 heavy (non-hydrogen) atoms. The molecule has 1 atom stereocenters. The Morgan fingerprint density at radius 3 is 2.72 bits per heavy atom. The summed E-state index contributed by atoms with van der Waals surface area (Å²) in [5.74, 6) is 0.934. The van der Waals surface area contributed by atoms with Gasteiger partial charge in [-0.25, -0.2) is 0 Å². The Bertz CT molecular complexity index is 407. The number of hydrogen-bond donors (Lipinski definition) is 1. The summed E-state index contributed by atoms with van der Waals surface area (Å²) in [5.41, 5.74) is 1.58. The van der Waals surface area contributed by atoms with Gasteiger partial charge in [-0.15, -0.1) is 11.6 Å². The molecule has 0 aliphatic rings. The normalized spacial score (nSPS) is 12.2. The fraction of sp³-hybridized carbons (Fsp3) is 0.500. The molecule has 0 aliphatic carbocycles. The molecule has 0 bridgehead atoms. The maximum absolute atomic E-state index is 12.0. The number of halogens is 2. The lowest BCUT2D eigenvalue weighted by Gasteiger charge is -2.14. The molecule has 0 saturated carbocycles. The molecule has 0 aliphatic heterocycles. The second-order valence-corrected chi connectivity index (χ2v) is 5.23. The summed E-state index contributed by atoms with van der Waals surface area (Å²) >= 11 is 11.8. The fourth-order valence-corrected chi connectivity index (χ4v) is 2.37. The molecule has 1 amide bonds. The summed E-state index contributed by atoms with van der Waals surface area (Å²) < 4.78 is 0. The average molecular weight is 288 g/mol. The second kappa shape index (κ2) is 7.65. The highest BCUT2D eigenvalue weighted by atomic mass is 35.5. The minimum absolute atomic E-state index is 0.118. The number of carbonyl (C=O) groups excluding carboxylic acids is 1. The lowest BCUT2D eigenvalue weighted by Crippen LogP contribution is -2.29. The van der Waals surface area contributed by atoms with Crippen molar-refractivity contribution in [1.82, 2.24) is 5.32 Å². The first-order valence-electron chi connectivity index (χ1n) is 6.18. The van der Waals surface area contributed by atoms with Crippen LogP contribution in [0.3, 0.4) is 0 Å². The molecule has 1 aromatic carbocycles. The van der Waals surface area contributed by atoms with Crippen LogP contribution in [0.5, 0.6) is 0 Å². The predicted octanol–water partition coefficient (Wildman–Crippen LogP) is 4.03. The van der Waals surface area contributed by atoms with Crippen LogP contribution in [0, 0.1) is 12.8 Å². The standard InChI is InChI=1S/C14H19Cl2NO/c1-3-11(6-7-15)9-17-14(18)12-5-4-10(2)8-13(12)16/h4-5,8,11H,3,6-7,9H2,1-2H3,(H,17,18). The molecule has 1 unspecified atom stereocenters. The molecule has 0 saturated heterocycles. The van der Waals surface area contributed by atoms with Crippen LogP contribution in [-0.2, 0) is 0 Å². The van der Waals surface area contributed by atoms with Crippen LogP contribution in [0.4, 0.5) is 0 Å².